The summed E-state index contributed by atoms with van der Waals surface area (Å²) in [5.74, 6) is 0. The lowest BCUT2D eigenvalue weighted by molar-refractivity contribution is 0.212. The van der Waals surface area contributed by atoms with Gasteiger partial charge >= 0.3 is 6.03 Å². The molecule has 2 amide bonds. The van der Waals surface area contributed by atoms with Crippen molar-refractivity contribution in [3.63, 3.8) is 0 Å². The van der Waals surface area contributed by atoms with E-state index in [-0.39, 0.29) is 6.03 Å². The van der Waals surface area contributed by atoms with Crippen molar-refractivity contribution in [2.24, 2.45) is 0 Å². The first kappa shape index (κ1) is 15.4. The Bertz CT molecular complexity index is 475. The van der Waals surface area contributed by atoms with Gasteiger partial charge in [-0.15, -0.1) is 0 Å². The maximum Gasteiger partial charge on any atom is 0.321 e. The number of anilines is 1. The molecule has 20 heavy (non-hydrogen) atoms. The van der Waals surface area contributed by atoms with Crippen LogP contribution in [0.25, 0.3) is 0 Å². The number of hydrogen-bond donors (Lipinski definition) is 2. The number of carbonyl (C=O) groups is 1. The maximum atomic E-state index is 12.1. The molecule has 1 aliphatic rings. The number of benzene rings is 1. The molecule has 0 aromatic heterocycles. The lowest BCUT2D eigenvalue weighted by atomic mass is 10.0. The first-order valence-corrected chi connectivity index (χ1v) is 7.52. The predicted molar refractivity (Wildman–Crippen MR) is 83.8 cm³/mol. The lowest BCUT2D eigenvalue weighted by Crippen LogP contribution is -2.45. The van der Waals surface area contributed by atoms with Crippen molar-refractivity contribution in [1.29, 1.82) is 0 Å². The van der Waals surface area contributed by atoms with E-state index in [0.717, 1.165) is 13.0 Å². The first-order valence-electron chi connectivity index (χ1n) is 6.77. The van der Waals surface area contributed by atoms with Gasteiger partial charge in [0.1, 0.15) is 0 Å². The van der Waals surface area contributed by atoms with E-state index < -0.39 is 0 Å². The van der Waals surface area contributed by atoms with Crippen LogP contribution in [0.1, 0.15) is 19.3 Å². The topological polar surface area (TPSA) is 44.4 Å². The highest BCUT2D eigenvalue weighted by atomic mass is 35.5. The highest BCUT2D eigenvalue weighted by molar-refractivity contribution is 6.35. The van der Waals surface area contributed by atoms with Crippen LogP contribution in [0.4, 0.5) is 10.5 Å². The summed E-state index contributed by atoms with van der Waals surface area (Å²) in [5, 5.41) is 7.23. The van der Waals surface area contributed by atoms with Gasteiger partial charge in [-0.05, 0) is 37.6 Å². The third-order valence-electron chi connectivity index (χ3n) is 3.42. The van der Waals surface area contributed by atoms with E-state index in [2.05, 4.69) is 10.6 Å². The molecule has 1 aliphatic heterocycles. The Kier molecular flexibility index (Phi) is 5.52. The van der Waals surface area contributed by atoms with Crippen LogP contribution in [0, 0.1) is 0 Å². The number of nitrogens with one attached hydrogen (secondary N) is 2. The second-order valence-corrected chi connectivity index (χ2v) is 5.93. The van der Waals surface area contributed by atoms with E-state index in [4.69, 9.17) is 23.2 Å². The zero-order valence-corrected chi connectivity index (χ0v) is 13.0. The maximum absolute atomic E-state index is 12.1. The number of hydrogen-bond acceptors (Lipinski definition) is 2. The smallest absolute Gasteiger partial charge is 0.321 e. The number of halogens is 2. The van der Waals surface area contributed by atoms with Crippen LogP contribution in [0.15, 0.2) is 18.2 Å². The summed E-state index contributed by atoms with van der Waals surface area (Å²) in [7, 11) is 1.78. The minimum atomic E-state index is -0.179. The summed E-state index contributed by atoms with van der Waals surface area (Å²) >= 11 is 11.9. The minimum Gasteiger partial charge on any atom is -0.326 e. The summed E-state index contributed by atoms with van der Waals surface area (Å²) in [5.41, 5.74) is 0.535. The van der Waals surface area contributed by atoms with Crippen molar-refractivity contribution in [2.45, 2.75) is 25.3 Å². The number of nitrogens with zero attached hydrogens (tertiary/aromatic N) is 1. The van der Waals surface area contributed by atoms with Gasteiger partial charge < -0.3 is 15.5 Å². The Hall–Kier alpha value is -0.970. The average Bonchev–Trinajstić information content (AvgIpc) is 2.44. The van der Waals surface area contributed by atoms with Gasteiger partial charge in [-0.1, -0.05) is 29.6 Å². The van der Waals surface area contributed by atoms with Crippen LogP contribution in [-0.2, 0) is 0 Å². The second kappa shape index (κ2) is 7.16. The summed E-state index contributed by atoms with van der Waals surface area (Å²) < 4.78 is 0. The number of amides is 2. The third kappa shape index (κ3) is 4.27. The molecule has 6 heteroatoms. The van der Waals surface area contributed by atoms with Gasteiger partial charge in [0.15, 0.2) is 0 Å². The van der Waals surface area contributed by atoms with Gasteiger partial charge in [0.2, 0.25) is 0 Å². The van der Waals surface area contributed by atoms with Crippen molar-refractivity contribution < 1.29 is 4.79 Å². The monoisotopic (exact) mass is 315 g/mol. The SMILES string of the molecule is CN(CC1CCCCN1)C(=O)Nc1cc(Cl)ccc1Cl. The molecule has 0 saturated carbocycles. The molecule has 1 atom stereocenters. The van der Waals surface area contributed by atoms with E-state index in [1.165, 1.54) is 12.8 Å². The van der Waals surface area contributed by atoms with Gasteiger partial charge in [-0.2, -0.15) is 0 Å². The van der Waals surface area contributed by atoms with Gasteiger partial charge in [0.25, 0.3) is 0 Å². The second-order valence-electron chi connectivity index (χ2n) is 5.08. The zero-order chi connectivity index (χ0) is 14.5. The van der Waals surface area contributed by atoms with Crippen LogP contribution >= 0.6 is 23.2 Å². The van der Waals surface area contributed by atoms with Crippen molar-refractivity contribution in [3.8, 4) is 0 Å². The van der Waals surface area contributed by atoms with Crippen LogP contribution in [0.3, 0.4) is 0 Å². The molecule has 1 saturated heterocycles. The Morgan fingerprint density at radius 3 is 2.95 bits per heavy atom. The highest BCUT2D eigenvalue weighted by Gasteiger charge is 2.18. The van der Waals surface area contributed by atoms with Crippen molar-refractivity contribution in [2.75, 3.05) is 25.5 Å². The first-order chi connectivity index (χ1) is 9.56. The quantitative estimate of drug-likeness (QED) is 0.895. The van der Waals surface area contributed by atoms with Crippen LogP contribution in [-0.4, -0.2) is 37.1 Å². The Morgan fingerprint density at radius 1 is 1.45 bits per heavy atom. The molecular formula is C14H19Cl2N3O. The van der Waals surface area contributed by atoms with Gasteiger partial charge in [0.05, 0.1) is 10.7 Å². The molecule has 0 radical (unpaired) electrons. The molecule has 0 spiro atoms. The molecule has 2 rings (SSSR count). The van der Waals surface area contributed by atoms with Crippen molar-refractivity contribution >= 4 is 34.9 Å². The number of urea groups is 1. The van der Waals surface area contributed by atoms with Gasteiger partial charge in [0, 0.05) is 24.7 Å². The molecular weight excluding hydrogens is 297 g/mol. The fourth-order valence-corrected chi connectivity index (χ4v) is 2.63. The summed E-state index contributed by atoms with van der Waals surface area (Å²) in [4.78, 5) is 13.8. The summed E-state index contributed by atoms with van der Waals surface area (Å²) in [6.45, 7) is 1.71. The normalized spacial score (nSPS) is 18.6. The fourth-order valence-electron chi connectivity index (χ4n) is 2.30. The number of likely N-dealkylation sites (N-methyl/N-ethyl adjacent to an activating group) is 1. The number of rotatable bonds is 3. The van der Waals surface area contributed by atoms with E-state index >= 15 is 0 Å². The molecule has 4 nitrogen and oxygen atoms in total. The minimum absolute atomic E-state index is 0.179. The molecule has 0 bridgehead atoms. The Morgan fingerprint density at radius 2 is 2.25 bits per heavy atom. The van der Waals surface area contributed by atoms with Gasteiger partial charge in [-0.3, -0.25) is 0 Å². The molecule has 1 aromatic rings. The van der Waals surface area contributed by atoms with Crippen LogP contribution in [0.2, 0.25) is 10.0 Å². The van der Waals surface area contributed by atoms with E-state index in [1.807, 2.05) is 0 Å². The summed E-state index contributed by atoms with van der Waals surface area (Å²) in [6, 6.07) is 5.20. The zero-order valence-electron chi connectivity index (χ0n) is 11.5. The molecule has 1 aromatic carbocycles. The highest BCUT2D eigenvalue weighted by Crippen LogP contribution is 2.25. The summed E-state index contributed by atoms with van der Waals surface area (Å²) in [6.07, 6.45) is 3.54. The largest absolute Gasteiger partial charge is 0.326 e. The van der Waals surface area contributed by atoms with Crippen LogP contribution < -0.4 is 10.6 Å². The third-order valence-corrected chi connectivity index (χ3v) is 3.99. The number of piperidine rings is 1. The van der Waals surface area contributed by atoms with E-state index in [0.29, 0.717) is 28.3 Å². The van der Waals surface area contributed by atoms with Crippen LogP contribution in [0.5, 0.6) is 0 Å². The van der Waals surface area contributed by atoms with E-state index in [1.54, 1.807) is 30.1 Å². The fraction of sp³-hybridized carbons (Fsp3) is 0.500. The molecule has 0 aliphatic carbocycles. The lowest BCUT2D eigenvalue weighted by Gasteiger charge is -2.28. The Balaban J connectivity index is 1.91. The molecule has 1 fully saturated rings. The Labute approximate surface area is 129 Å². The molecule has 1 heterocycles. The molecule has 110 valence electrons. The van der Waals surface area contributed by atoms with Crippen molar-refractivity contribution in [3.05, 3.63) is 28.2 Å². The molecule has 2 N–H and O–H groups in total. The number of carbonyl (C=O) groups excluding carboxylic acids is 1. The average molecular weight is 316 g/mol. The predicted octanol–water partition coefficient (Wildman–Crippen LogP) is 3.60. The van der Waals surface area contributed by atoms with Crippen molar-refractivity contribution in [1.82, 2.24) is 10.2 Å². The van der Waals surface area contributed by atoms with E-state index in [9.17, 15) is 4.79 Å². The standard InChI is InChI=1S/C14H19Cl2N3O/c1-19(9-11-4-2-3-7-17-11)14(20)18-13-8-10(15)5-6-12(13)16/h5-6,8,11,17H,2-4,7,9H2,1H3,(H,18,20). The van der Waals surface area contributed by atoms with Gasteiger partial charge in [-0.25, -0.2) is 4.79 Å². The molecule has 1 unspecified atom stereocenters.